The van der Waals surface area contributed by atoms with E-state index >= 15 is 0 Å². The van der Waals surface area contributed by atoms with Crippen molar-refractivity contribution in [3.05, 3.63) is 29.7 Å². The number of carbonyl (C=O) groups is 1. The first-order valence-corrected chi connectivity index (χ1v) is 6.77. The molecule has 0 bridgehead atoms. The van der Waals surface area contributed by atoms with Crippen LogP contribution in [0.25, 0.3) is 0 Å². The van der Waals surface area contributed by atoms with Crippen LogP contribution in [-0.2, 0) is 14.3 Å². The quantitative estimate of drug-likeness (QED) is 0.622. The van der Waals surface area contributed by atoms with Gasteiger partial charge in [-0.05, 0) is 12.1 Å². The van der Waals surface area contributed by atoms with Crippen molar-refractivity contribution in [2.24, 2.45) is 5.10 Å². The number of hydrogen-bond acceptors (Lipinski definition) is 7. The topological polar surface area (TPSA) is 87.6 Å². The number of carbonyl (C=O) groups excluding carboxylic acids is 1. The second-order valence-corrected chi connectivity index (χ2v) is 4.36. The SMILES string of the molecule is COc1cc(/C=N\NC(=O)C2=COCCO2)cc(OC)c1OC. The summed E-state index contributed by atoms with van der Waals surface area (Å²) in [7, 11) is 4.56. The molecule has 0 aromatic heterocycles. The number of hydrazone groups is 1. The summed E-state index contributed by atoms with van der Waals surface area (Å²) in [6.45, 7) is 0.751. The standard InChI is InChI=1S/C15H18N2O6/c1-19-11-6-10(7-12(20-2)14(11)21-3)8-16-17-15(18)13-9-22-4-5-23-13/h6-9H,4-5H2,1-3H3,(H,17,18)/b16-8-. The minimum Gasteiger partial charge on any atom is -0.494 e. The fourth-order valence-electron chi connectivity index (χ4n) is 1.88. The van der Waals surface area contributed by atoms with Gasteiger partial charge in [0.05, 0.1) is 27.5 Å². The normalized spacial score (nSPS) is 13.6. The van der Waals surface area contributed by atoms with Crippen LogP contribution >= 0.6 is 0 Å². The van der Waals surface area contributed by atoms with Crippen molar-refractivity contribution in [3.8, 4) is 17.2 Å². The molecule has 0 radical (unpaired) electrons. The lowest BCUT2D eigenvalue weighted by Gasteiger charge is -2.13. The molecule has 0 saturated carbocycles. The highest BCUT2D eigenvalue weighted by atomic mass is 16.6. The van der Waals surface area contributed by atoms with Gasteiger partial charge in [-0.3, -0.25) is 4.79 Å². The summed E-state index contributed by atoms with van der Waals surface area (Å²) >= 11 is 0. The molecule has 1 aromatic rings. The van der Waals surface area contributed by atoms with Crippen LogP contribution in [0.1, 0.15) is 5.56 Å². The van der Waals surface area contributed by atoms with Crippen molar-refractivity contribution < 1.29 is 28.5 Å². The minimum absolute atomic E-state index is 0.0818. The van der Waals surface area contributed by atoms with Gasteiger partial charge in [-0.15, -0.1) is 0 Å². The molecular weight excluding hydrogens is 304 g/mol. The lowest BCUT2D eigenvalue weighted by molar-refractivity contribution is -0.122. The number of rotatable bonds is 6. The molecule has 1 N–H and O–H groups in total. The van der Waals surface area contributed by atoms with Gasteiger partial charge in [0.1, 0.15) is 19.5 Å². The van der Waals surface area contributed by atoms with Crippen LogP contribution in [0.15, 0.2) is 29.3 Å². The van der Waals surface area contributed by atoms with Crippen molar-refractivity contribution in [3.63, 3.8) is 0 Å². The zero-order valence-electron chi connectivity index (χ0n) is 13.1. The molecule has 0 aliphatic carbocycles. The molecule has 0 fully saturated rings. The average molecular weight is 322 g/mol. The van der Waals surface area contributed by atoms with Crippen LogP contribution in [0.5, 0.6) is 17.2 Å². The predicted molar refractivity (Wildman–Crippen MR) is 81.8 cm³/mol. The average Bonchev–Trinajstić information content (AvgIpc) is 2.61. The Morgan fingerprint density at radius 1 is 1.17 bits per heavy atom. The number of methoxy groups -OCH3 is 3. The van der Waals surface area contributed by atoms with E-state index in [-0.39, 0.29) is 5.76 Å². The molecule has 2 rings (SSSR count). The van der Waals surface area contributed by atoms with E-state index < -0.39 is 5.91 Å². The Balaban J connectivity index is 2.10. The molecule has 23 heavy (non-hydrogen) atoms. The molecule has 1 aliphatic rings. The summed E-state index contributed by atoms with van der Waals surface area (Å²) in [5.41, 5.74) is 3.01. The van der Waals surface area contributed by atoms with E-state index in [2.05, 4.69) is 10.5 Å². The van der Waals surface area contributed by atoms with Crippen molar-refractivity contribution >= 4 is 12.1 Å². The number of benzene rings is 1. The van der Waals surface area contributed by atoms with Crippen LogP contribution in [0.2, 0.25) is 0 Å². The van der Waals surface area contributed by atoms with Gasteiger partial charge in [0.15, 0.2) is 11.5 Å². The largest absolute Gasteiger partial charge is 0.494 e. The van der Waals surface area contributed by atoms with Gasteiger partial charge >= 0.3 is 5.91 Å². The van der Waals surface area contributed by atoms with Crippen molar-refractivity contribution in [1.82, 2.24) is 5.43 Å². The second kappa shape index (κ2) is 7.92. The molecule has 1 amide bonds. The van der Waals surface area contributed by atoms with Gasteiger partial charge < -0.3 is 23.7 Å². The summed E-state index contributed by atoms with van der Waals surface area (Å²) < 4.78 is 25.9. The van der Waals surface area contributed by atoms with E-state index in [9.17, 15) is 4.79 Å². The van der Waals surface area contributed by atoms with Gasteiger partial charge in [0.25, 0.3) is 0 Å². The Bertz CT molecular complexity index is 601. The predicted octanol–water partition coefficient (Wildman–Crippen LogP) is 1.05. The first-order chi connectivity index (χ1) is 11.2. The molecule has 8 nitrogen and oxygen atoms in total. The molecule has 1 aliphatic heterocycles. The highest BCUT2D eigenvalue weighted by molar-refractivity contribution is 5.92. The number of ether oxygens (including phenoxy) is 5. The summed E-state index contributed by atoms with van der Waals surface area (Å²) in [5.74, 6) is 1.05. The zero-order valence-corrected chi connectivity index (χ0v) is 13.1. The van der Waals surface area contributed by atoms with E-state index in [1.807, 2.05) is 0 Å². The van der Waals surface area contributed by atoms with Crippen LogP contribution in [0.4, 0.5) is 0 Å². The lowest BCUT2D eigenvalue weighted by Crippen LogP contribution is -2.24. The maximum atomic E-state index is 11.8. The monoisotopic (exact) mass is 322 g/mol. The maximum absolute atomic E-state index is 11.8. The molecule has 0 saturated heterocycles. The Kier molecular flexibility index (Phi) is 5.67. The molecule has 124 valence electrons. The summed E-state index contributed by atoms with van der Waals surface area (Å²) in [6, 6.07) is 3.41. The van der Waals surface area contributed by atoms with Gasteiger partial charge in [0, 0.05) is 5.56 Å². The molecule has 0 atom stereocenters. The minimum atomic E-state index is -0.492. The number of nitrogens with zero attached hydrogens (tertiary/aromatic N) is 1. The molecule has 0 spiro atoms. The maximum Gasteiger partial charge on any atom is 0.309 e. The van der Waals surface area contributed by atoms with E-state index in [0.717, 1.165) is 0 Å². The van der Waals surface area contributed by atoms with Crippen LogP contribution in [0, 0.1) is 0 Å². The summed E-state index contributed by atoms with van der Waals surface area (Å²) in [5, 5.41) is 3.87. The van der Waals surface area contributed by atoms with Gasteiger partial charge in [-0.25, -0.2) is 5.43 Å². The van der Waals surface area contributed by atoms with Crippen LogP contribution in [0.3, 0.4) is 0 Å². The second-order valence-electron chi connectivity index (χ2n) is 4.36. The third-order valence-corrected chi connectivity index (χ3v) is 2.94. The number of hydrogen-bond donors (Lipinski definition) is 1. The molecule has 0 unspecified atom stereocenters. The number of amides is 1. The molecular formula is C15H18N2O6. The number of nitrogens with one attached hydrogen (secondary N) is 1. The highest BCUT2D eigenvalue weighted by Gasteiger charge is 2.14. The first-order valence-electron chi connectivity index (χ1n) is 6.77. The fraction of sp³-hybridized carbons (Fsp3) is 0.333. The van der Waals surface area contributed by atoms with E-state index in [1.165, 1.54) is 33.8 Å². The Morgan fingerprint density at radius 3 is 2.39 bits per heavy atom. The smallest absolute Gasteiger partial charge is 0.309 e. The van der Waals surface area contributed by atoms with Crippen molar-refractivity contribution in [2.75, 3.05) is 34.5 Å². The molecule has 1 aromatic carbocycles. The lowest BCUT2D eigenvalue weighted by atomic mass is 10.2. The van der Waals surface area contributed by atoms with Crippen LogP contribution < -0.4 is 19.6 Å². The van der Waals surface area contributed by atoms with Crippen LogP contribution in [-0.4, -0.2) is 46.7 Å². The Hall–Kier alpha value is -2.90. The van der Waals surface area contributed by atoms with E-state index in [4.69, 9.17) is 23.7 Å². The fourth-order valence-corrected chi connectivity index (χ4v) is 1.88. The van der Waals surface area contributed by atoms with E-state index in [1.54, 1.807) is 12.1 Å². The van der Waals surface area contributed by atoms with Gasteiger partial charge in [-0.1, -0.05) is 0 Å². The summed E-state index contributed by atoms with van der Waals surface area (Å²) in [4.78, 5) is 11.8. The van der Waals surface area contributed by atoms with Gasteiger partial charge in [-0.2, -0.15) is 5.10 Å². The molecule has 8 heteroatoms. The Labute approximate surface area is 133 Å². The van der Waals surface area contributed by atoms with Crippen molar-refractivity contribution in [2.45, 2.75) is 0 Å². The highest BCUT2D eigenvalue weighted by Crippen LogP contribution is 2.37. The molecule has 1 heterocycles. The van der Waals surface area contributed by atoms with E-state index in [0.29, 0.717) is 36.0 Å². The first kappa shape index (κ1) is 16.5. The third-order valence-electron chi connectivity index (χ3n) is 2.94. The van der Waals surface area contributed by atoms with Gasteiger partial charge in [0.2, 0.25) is 11.5 Å². The third kappa shape index (κ3) is 4.06. The van der Waals surface area contributed by atoms with Crippen molar-refractivity contribution in [1.29, 1.82) is 0 Å². The summed E-state index contributed by atoms with van der Waals surface area (Å²) in [6.07, 6.45) is 2.71. The Morgan fingerprint density at radius 2 is 1.87 bits per heavy atom. The zero-order chi connectivity index (χ0) is 16.7.